The Morgan fingerprint density at radius 1 is 1.15 bits per heavy atom. The molecule has 0 bridgehead atoms. The number of aliphatic hydroxyl groups is 1. The van der Waals surface area contributed by atoms with E-state index >= 15 is 0 Å². The molecule has 3 N–H and O–H groups in total. The lowest BCUT2D eigenvalue weighted by Crippen LogP contribution is -2.59. The average Bonchev–Trinajstić information content (AvgIpc) is 2.69. The maximum atomic E-state index is 13.1. The average molecular weight is 351 g/mol. The molecule has 4 rings (SSSR count). The molecule has 0 spiro atoms. The van der Waals surface area contributed by atoms with E-state index in [9.17, 15) is 9.90 Å². The predicted molar refractivity (Wildman–Crippen MR) is 100 cm³/mol. The number of pyridine rings is 1. The minimum atomic E-state index is -0.876. The summed E-state index contributed by atoms with van der Waals surface area (Å²) in [5.41, 5.74) is 6.80. The van der Waals surface area contributed by atoms with Crippen molar-refractivity contribution in [3.63, 3.8) is 0 Å². The summed E-state index contributed by atoms with van der Waals surface area (Å²) >= 11 is 0. The fourth-order valence-electron chi connectivity index (χ4n) is 4.75. The Morgan fingerprint density at radius 2 is 1.92 bits per heavy atom. The summed E-state index contributed by atoms with van der Waals surface area (Å²) in [7, 11) is 0. The van der Waals surface area contributed by atoms with Crippen molar-refractivity contribution >= 4 is 11.6 Å². The number of nitrogen functional groups attached to an aromatic ring is 1. The zero-order valence-electron chi connectivity index (χ0n) is 14.8. The SMILES string of the molecule is Nc1cccnc1C(=O)N1CCC(O)(c2ccccc2)C2CCCCC21. The van der Waals surface area contributed by atoms with E-state index in [1.54, 1.807) is 18.3 Å². The van der Waals surface area contributed by atoms with Crippen LogP contribution in [0, 0.1) is 5.92 Å². The van der Waals surface area contributed by atoms with Gasteiger partial charge in [-0.2, -0.15) is 0 Å². The minimum Gasteiger partial charge on any atom is -0.397 e. The Labute approximate surface area is 153 Å². The number of amides is 1. The summed E-state index contributed by atoms with van der Waals surface area (Å²) in [6.45, 7) is 0.515. The molecule has 1 aromatic heterocycles. The first-order chi connectivity index (χ1) is 12.6. The van der Waals surface area contributed by atoms with Crippen LogP contribution >= 0.6 is 0 Å². The zero-order valence-corrected chi connectivity index (χ0v) is 14.8. The molecule has 2 heterocycles. The maximum absolute atomic E-state index is 13.1. The van der Waals surface area contributed by atoms with Crippen LogP contribution in [0.5, 0.6) is 0 Å². The molecule has 2 aliphatic rings. The van der Waals surface area contributed by atoms with E-state index in [-0.39, 0.29) is 17.9 Å². The van der Waals surface area contributed by atoms with Crippen LogP contribution < -0.4 is 5.73 Å². The van der Waals surface area contributed by atoms with Gasteiger partial charge in [-0.05, 0) is 37.0 Å². The number of carbonyl (C=O) groups is 1. The lowest BCUT2D eigenvalue weighted by Gasteiger charge is -2.52. The zero-order chi connectivity index (χ0) is 18.1. The number of aromatic nitrogens is 1. The molecule has 0 radical (unpaired) electrons. The van der Waals surface area contributed by atoms with E-state index in [1.165, 1.54) is 0 Å². The highest BCUT2D eigenvalue weighted by atomic mass is 16.3. The molecular weight excluding hydrogens is 326 g/mol. The largest absolute Gasteiger partial charge is 0.397 e. The van der Waals surface area contributed by atoms with E-state index in [0.29, 0.717) is 24.3 Å². The van der Waals surface area contributed by atoms with Gasteiger partial charge in [0.25, 0.3) is 5.91 Å². The fourth-order valence-corrected chi connectivity index (χ4v) is 4.75. The van der Waals surface area contributed by atoms with Crippen molar-refractivity contribution in [2.45, 2.75) is 43.7 Å². The van der Waals surface area contributed by atoms with Gasteiger partial charge in [0, 0.05) is 24.7 Å². The molecule has 136 valence electrons. The number of nitrogens with two attached hydrogens (primary N) is 1. The number of carbonyl (C=O) groups excluding carboxylic acids is 1. The normalized spacial score (nSPS) is 28.4. The summed E-state index contributed by atoms with van der Waals surface area (Å²) in [6.07, 6.45) is 6.15. The first-order valence-corrected chi connectivity index (χ1v) is 9.40. The van der Waals surface area contributed by atoms with Crippen molar-refractivity contribution in [1.82, 2.24) is 9.88 Å². The Hall–Kier alpha value is -2.40. The van der Waals surface area contributed by atoms with Gasteiger partial charge in [0.2, 0.25) is 0 Å². The first-order valence-electron chi connectivity index (χ1n) is 9.40. The summed E-state index contributed by atoms with van der Waals surface area (Å²) < 4.78 is 0. The summed E-state index contributed by atoms with van der Waals surface area (Å²) in [5.74, 6) is -0.0728. The minimum absolute atomic E-state index is 0.0246. The van der Waals surface area contributed by atoms with Gasteiger partial charge in [-0.25, -0.2) is 4.98 Å². The summed E-state index contributed by atoms with van der Waals surface area (Å²) in [4.78, 5) is 19.2. The van der Waals surface area contributed by atoms with Crippen LogP contribution in [0.3, 0.4) is 0 Å². The molecule has 2 aromatic rings. The number of rotatable bonds is 2. The Balaban J connectivity index is 1.67. The highest BCUT2D eigenvalue weighted by molar-refractivity contribution is 5.97. The number of anilines is 1. The van der Waals surface area contributed by atoms with Crippen LogP contribution in [0.15, 0.2) is 48.7 Å². The number of piperidine rings is 1. The number of nitrogens with zero attached hydrogens (tertiary/aromatic N) is 2. The lowest BCUT2D eigenvalue weighted by molar-refractivity contribution is -0.110. The second kappa shape index (κ2) is 6.72. The van der Waals surface area contributed by atoms with Crippen molar-refractivity contribution in [1.29, 1.82) is 0 Å². The van der Waals surface area contributed by atoms with Crippen molar-refractivity contribution in [3.8, 4) is 0 Å². The van der Waals surface area contributed by atoms with Crippen LogP contribution in [-0.4, -0.2) is 33.5 Å². The van der Waals surface area contributed by atoms with E-state index in [1.807, 2.05) is 35.2 Å². The van der Waals surface area contributed by atoms with Gasteiger partial charge in [0.15, 0.2) is 5.69 Å². The molecule has 1 amide bonds. The molecule has 2 fully saturated rings. The van der Waals surface area contributed by atoms with Crippen molar-refractivity contribution in [2.75, 3.05) is 12.3 Å². The molecule has 1 aliphatic carbocycles. The third-order valence-electron chi connectivity index (χ3n) is 6.05. The molecule has 1 saturated heterocycles. The topological polar surface area (TPSA) is 79.5 Å². The van der Waals surface area contributed by atoms with Crippen LogP contribution in [0.4, 0.5) is 5.69 Å². The van der Waals surface area contributed by atoms with Crippen LogP contribution in [-0.2, 0) is 5.60 Å². The molecule has 1 aliphatic heterocycles. The predicted octanol–water partition coefficient (Wildman–Crippen LogP) is 2.96. The second-order valence-electron chi connectivity index (χ2n) is 7.44. The van der Waals surface area contributed by atoms with Crippen LogP contribution in [0.25, 0.3) is 0 Å². The Bertz CT molecular complexity index is 795. The monoisotopic (exact) mass is 351 g/mol. The molecule has 5 heteroatoms. The van der Waals surface area contributed by atoms with E-state index in [4.69, 9.17) is 5.73 Å². The van der Waals surface area contributed by atoms with Gasteiger partial charge in [0.05, 0.1) is 11.3 Å². The standard InChI is InChI=1S/C21H25N3O2/c22-17-10-6-13-23-19(17)20(25)24-14-12-21(26,15-7-2-1-3-8-15)16-9-4-5-11-18(16)24/h1-3,6-8,10,13,16,18,26H,4-5,9,11-12,14,22H2. The molecule has 26 heavy (non-hydrogen) atoms. The summed E-state index contributed by atoms with van der Waals surface area (Å²) in [5, 5.41) is 11.6. The third-order valence-corrected chi connectivity index (χ3v) is 6.05. The van der Waals surface area contributed by atoms with Gasteiger partial charge >= 0.3 is 0 Å². The fraction of sp³-hybridized carbons (Fsp3) is 0.429. The first kappa shape index (κ1) is 17.0. The van der Waals surface area contributed by atoms with E-state index in [2.05, 4.69) is 4.98 Å². The quantitative estimate of drug-likeness (QED) is 0.872. The maximum Gasteiger partial charge on any atom is 0.274 e. The lowest BCUT2D eigenvalue weighted by atomic mass is 9.66. The number of hydrogen-bond donors (Lipinski definition) is 2. The van der Waals surface area contributed by atoms with Gasteiger partial charge < -0.3 is 15.7 Å². The molecule has 5 nitrogen and oxygen atoms in total. The van der Waals surface area contributed by atoms with Gasteiger partial charge in [-0.3, -0.25) is 4.79 Å². The molecule has 1 aromatic carbocycles. The Morgan fingerprint density at radius 3 is 2.69 bits per heavy atom. The van der Waals surface area contributed by atoms with Crippen molar-refractivity contribution < 1.29 is 9.90 Å². The molecular formula is C21H25N3O2. The van der Waals surface area contributed by atoms with Gasteiger partial charge in [-0.1, -0.05) is 43.2 Å². The highest BCUT2D eigenvalue weighted by Gasteiger charge is 2.50. The highest BCUT2D eigenvalue weighted by Crippen LogP contribution is 2.47. The van der Waals surface area contributed by atoms with Gasteiger partial charge in [0.1, 0.15) is 0 Å². The Kier molecular flexibility index (Phi) is 4.41. The van der Waals surface area contributed by atoms with Gasteiger partial charge in [-0.15, -0.1) is 0 Å². The molecule has 1 saturated carbocycles. The van der Waals surface area contributed by atoms with Crippen LogP contribution in [0.1, 0.15) is 48.2 Å². The molecule has 3 atom stereocenters. The number of fused-ring (bicyclic) bond motifs is 1. The number of likely N-dealkylation sites (tertiary alicyclic amines) is 1. The summed E-state index contributed by atoms with van der Waals surface area (Å²) in [6, 6.07) is 13.4. The second-order valence-corrected chi connectivity index (χ2v) is 7.44. The van der Waals surface area contributed by atoms with E-state index < -0.39 is 5.60 Å². The van der Waals surface area contributed by atoms with Crippen LogP contribution in [0.2, 0.25) is 0 Å². The number of benzene rings is 1. The smallest absolute Gasteiger partial charge is 0.274 e. The van der Waals surface area contributed by atoms with Crippen molar-refractivity contribution in [3.05, 3.63) is 59.9 Å². The van der Waals surface area contributed by atoms with E-state index in [0.717, 1.165) is 31.2 Å². The number of hydrogen-bond acceptors (Lipinski definition) is 4. The third kappa shape index (κ3) is 2.76. The molecule has 3 unspecified atom stereocenters. The van der Waals surface area contributed by atoms with Crippen molar-refractivity contribution in [2.24, 2.45) is 5.92 Å².